The Bertz CT molecular complexity index is 1650. The molecule has 194 valence electrons. The van der Waals surface area contributed by atoms with Crippen molar-refractivity contribution in [3.05, 3.63) is 89.7 Å². The van der Waals surface area contributed by atoms with Gasteiger partial charge in [-0.2, -0.15) is 4.31 Å². The number of rotatable bonds is 8. The van der Waals surface area contributed by atoms with Crippen LogP contribution in [-0.2, 0) is 39.4 Å². The van der Waals surface area contributed by atoms with Crippen LogP contribution >= 0.6 is 0 Å². The first-order valence-electron chi connectivity index (χ1n) is 12.4. The van der Waals surface area contributed by atoms with Crippen LogP contribution in [0.2, 0.25) is 0 Å². The molecule has 0 spiro atoms. The molecule has 0 fully saturated rings. The first-order valence-corrected chi connectivity index (χ1v) is 15.4. The lowest BCUT2D eigenvalue weighted by Crippen LogP contribution is -2.41. The molecule has 1 aromatic heterocycles. The summed E-state index contributed by atoms with van der Waals surface area (Å²) in [4.78, 5) is 5.08. The number of nitrogens with two attached hydrogens (primary N) is 1. The number of aromatic nitrogens is 2. The van der Waals surface area contributed by atoms with Gasteiger partial charge in [0.25, 0.3) is 0 Å². The second-order valence-electron chi connectivity index (χ2n) is 9.33. The van der Waals surface area contributed by atoms with Crippen LogP contribution in [0, 0.1) is 0 Å². The van der Waals surface area contributed by atoms with Crippen LogP contribution in [0.1, 0.15) is 42.8 Å². The molecule has 0 amide bonds. The number of sulfonamides is 2. The highest BCUT2D eigenvalue weighted by atomic mass is 32.2. The summed E-state index contributed by atoms with van der Waals surface area (Å²) in [5.74, 6) is 0.713. The minimum atomic E-state index is -3.88. The molecule has 2 heterocycles. The highest BCUT2D eigenvalue weighted by molar-refractivity contribution is 7.89. The van der Waals surface area contributed by atoms with Gasteiger partial charge in [-0.1, -0.05) is 55.8 Å². The second kappa shape index (κ2) is 10.0. The van der Waals surface area contributed by atoms with Crippen molar-refractivity contribution in [2.75, 3.05) is 6.54 Å². The monoisotopic (exact) mass is 538 g/mol. The molecule has 0 unspecified atom stereocenters. The van der Waals surface area contributed by atoms with E-state index in [0.717, 1.165) is 29.5 Å². The van der Waals surface area contributed by atoms with E-state index in [1.807, 2.05) is 24.3 Å². The largest absolute Gasteiger partial charge is 0.328 e. The summed E-state index contributed by atoms with van der Waals surface area (Å²) in [7, 11) is -7.64. The molecule has 8 nitrogen and oxygen atoms in total. The Morgan fingerprint density at radius 2 is 1.68 bits per heavy atom. The van der Waals surface area contributed by atoms with Gasteiger partial charge in [0.15, 0.2) is 0 Å². The Labute approximate surface area is 217 Å². The van der Waals surface area contributed by atoms with Crippen molar-refractivity contribution in [3.63, 3.8) is 0 Å². The van der Waals surface area contributed by atoms with Crippen LogP contribution in [0.4, 0.5) is 0 Å². The number of fused-ring (bicyclic) bond motifs is 2. The van der Waals surface area contributed by atoms with E-state index in [1.54, 1.807) is 40.7 Å². The minimum absolute atomic E-state index is 0.00276. The fourth-order valence-corrected chi connectivity index (χ4v) is 7.25. The average molecular weight is 539 g/mol. The van der Waals surface area contributed by atoms with Crippen molar-refractivity contribution in [3.8, 4) is 0 Å². The molecule has 0 saturated carbocycles. The zero-order valence-corrected chi connectivity index (χ0v) is 22.2. The summed E-state index contributed by atoms with van der Waals surface area (Å²) in [5, 5.41) is 5.36. The number of primary sulfonamides is 1. The predicted molar refractivity (Wildman–Crippen MR) is 143 cm³/mol. The van der Waals surface area contributed by atoms with Gasteiger partial charge >= 0.3 is 0 Å². The molecule has 4 aromatic rings. The smallest absolute Gasteiger partial charge is 0.243 e. The normalized spacial score (nSPS) is 16.6. The maximum atomic E-state index is 13.8. The van der Waals surface area contributed by atoms with Gasteiger partial charge in [0.05, 0.1) is 26.9 Å². The molecule has 0 bridgehead atoms. The van der Waals surface area contributed by atoms with Crippen LogP contribution in [-0.4, -0.2) is 37.2 Å². The van der Waals surface area contributed by atoms with Gasteiger partial charge in [0, 0.05) is 19.5 Å². The second-order valence-corrected chi connectivity index (χ2v) is 12.8. The number of imidazole rings is 1. The fourth-order valence-electron chi connectivity index (χ4n) is 5.09. The Morgan fingerprint density at radius 1 is 0.946 bits per heavy atom. The van der Waals surface area contributed by atoms with Crippen LogP contribution in [0.25, 0.3) is 11.0 Å². The van der Waals surface area contributed by atoms with Crippen molar-refractivity contribution < 1.29 is 16.8 Å². The lowest BCUT2D eigenvalue weighted by Gasteiger charge is -2.36. The number of benzene rings is 3. The summed E-state index contributed by atoms with van der Waals surface area (Å²) in [6.45, 7) is 3.16. The molecule has 0 radical (unpaired) electrons. The van der Waals surface area contributed by atoms with E-state index in [9.17, 15) is 16.8 Å². The van der Waals surface area contributed by atoms with Gasteiger partial charge in [0.2, 0.25) is 20.0 Å². The highest BCUT2D eigenvalue weighted by Crippen LogP contribution is 2.37. The van der Waals surface area contributed by atoms with Crippen LogP contribution in [0.15, 0.2) is 82.6 Å². The van der Waals surface area contributed by atoms with Crippen molar-refractivity contribution in [1.82, 2.24) is 13.9 Å². The molecule has 1 aliphatic rings. The molecule has 2 N–H and O–H groups in total. The minimum Gasteiger partial charge on any atom is -0.328 e. The molecule has 37 heavy (non-hydrogen) atoms. The molecule has 0 saturated heterocycles. The number of hydrogen-bond donors (Lipinski definition) is 1. The van der Waals surface area contributed by atoms with Crippen LogP contribution in [0.3, 0.4) is 0 Å². The maximum absolute atomic E-state index is 13.8. The molecular formula is C27H30N4O4S2. The van der Waals surface area contributed by atoms with Gasteiger partial charge in [-0.3, -0.25) is 0 Å². The summed E-state index contributed by atoms with van der Waals surface area (Å²) in [6.07, 6.45) is 2.85. The third-order valence-corrected chi connectivity index (χ3v) is 9.78. The highest BCUT2D eigenvalue weighted by Gasteiger charge is 2.37. The van der Waals surface area contributed by atoms with Crippen molar-refractivity contribution in [2.24, 2.45) is 5.14 Å². The quantitative estimate of drug-likeness (QED) is 0.364. The van der Waals surface area contributed by atoms with Gasteiger partial charge in [-0.05, 0) is 54.3 Å². The first kappa shape index (κ1) is 25.6. The van der Waals surface area contributed by atoms with Crippen molar-refractivity contribution in [1.29, 1.82) is 0 Å². The Kier molecular flexibility index (Phi) is 6.93. The maximum Gasteiger partial charge on any atom is 0.243 e. The van der Waals surface area contributed by atoms with Gasteiger partial charge in [-0.15, -0.1) is 0 Å². The number of nitrogens with zero attached hydrogens (tertiary/aromatic N) is 3. The Balaban J connectivity index is 1.63. The van der Waals surface area contributed by atoms with Crippen molar-refractivity contribution >= 4 is 31.1 Å². The van der Waals surface area contributed by atoms with Gasteiger partial charge in [-0.25, -0.2) is 27.0 Å². The van der Waals surface area contributed by atoms with Gasteiger partial charge in [0.1, 0.15) is 5.82 Å². The molecule has 3 aromatic carbocycles. The standard InChI is InChI=1S/C27H30N4O4S2/c1-2-3-16-30-25-14-13-22(36(28,32)33)18-24(25)29-27(30)19-26-23-12-8-7-9-20(23)15-17-31(26)37(34,35)21-10-5-4-6-11-21/h4-14,18,26H,2-3,15-17,19H2,1H3,(H2,28,32,33)/t26-/m1/s1. The zero-order valence-electron chi connectivity index (χ0n) is 20.6. The summed E-state index contributed by atoms with van der Waals surface area (Å²) in [6, 6.07) is 20.7. The third-order valence-electron chi connectivity index (χ3n) is 6.95. The third kappa shape index (κ3) is 4.94. The van der Waals surface area contributed by atoms with E-state index < -0.39 is 26.1 Å². The number of unbranched alkanes of at least 4 members (excludes halogenated alkanes) is 1. The van der Waals surface area contributed by atoms with E-state index in [4.69, 9.17) is 10.1 Å². The fraction of sp³-hybridized carbons (Fsp3) is 0.296. The first-order chi connectivity index (χ1) is 17.7. The van der Waals surface area contributed by atoms with Crippen LogP contribution in [0.5, 0.6) is 0 Å². The lowest BCUT2D eigenvalue weighted by atomic mass is 9.92. The van der Waals surface area contributed by atoms with Crippen LogP contribution < -0.4 is 5.14 Å². The summed E-state index contributed by atoms with van der Waals surface area (Å²) < 4.78 is 55.2. The number of hydrogen-bond acceptors (Lipinski definition) is 5. The van der Waals surface area contributed by atoms with E-state index >= 15 is 0 Å². The van der Waals surface area contributed by atoms with E-state index in [1.165, 1.54) is 12.1 Å². The molecule has 1 atom stereocenters. The molecule has 5 rings (SSSR count). The summed E-state index contributed by atoms with van der Waals surface area (Å²) >= 11 is 0. The average Bonchev–Trinajstić information content (AvgIpc) is 3.23. The van der Waals surface area contributed by atoms with E-state index in [-0.39, 0.29) is 9.79 Å². The Morgan fingerprint density at radius 3 is 2.41 bits per heavy atom. The van der Waals surface area contributed by atoms with E-state index in [2.05, 4.69) is 11.5 Å². The van der Waals surface area contributed by atoms with Crippen molar-refractivity contribution in [2.45, 2.75) is 55.0 Å². The lowest BCUT2D eigenvalue weighted by molar-refractivity contribution is 0.300. The molecule has 10 heteroatoms. The molecule has 0 aliphatic carbocycles. The number of aryl methyl sites for hydroxylation is 1. The van der Waals surface area contributed by atoms with Gasteiger partial charge < -0.3 is 4.57 Å². The predicted octanol–water partition coefficient (Wildman–Crippen LogP) is 4.01. The zero-order chi connectivity index (χ0) is 26.2. The SMILES string of the molecule is CCCCn1c(C[C@@H]2c3ccccc3CCN2S(=O)(=O)c2ccccc2)nc2cc(S(N)(=O)=O)ccc21. The molecular weight excluding hydrogens is 508 g/mol. The van der Waals surface area contributed by atoms with E-state index in [0.29, 0.717) is 37.3 Å². The molecule has 1 aliphatic heterocycles. The summed E-state index contributed by atoms with van der Waals surface area (Å²) in [5.41, 5.74) is 3.42. The topological polar surface area (TPSA) is 115 Å². The Hall–Kier alpha value is -3.05.